The van der Waals surface area contributed by atoms with E-state index in [2.05, 4.69) is 27.0 Å². The maximum atomic E-state index is 13.8. The van der Waals surface area contributed by atoms with Crippen molar-refractivity contribution < 1.29 is 9.18 Å². The Bertz CT molecular complexity index is 725. The molecule has 1 aromatic heterocycles. The first kappa shape index (κ1) is 17.6. The first-order chi connectivity index (χ1) is 12.1. The molecule has 1 aliphatic rings. The molecule has 3 rings (SSSR count). The molecule has 5 nitrogen and oxygen atoms in total. The SMILES string of the molecule is CCN1CCN(c2ccc(NC(=O)c3c(F)cccc3Cl)nc2)CC1. The third-order valence-electron chi connectivity index (χ3n) is 4.36. The second kappa shape index (κ2) is 7.80. The van der Waals surface area contributed by atoms with Gasteiger partial charge in [0.2, 0.25) is 0 Å². The maximum absolute atomic E-state index is 13.8. The lowest BCUT2D eigenvalue weighted by Crippen LogP contribution is -2.46. The summed E-state index contributed by atoms with van der Waals surface area (Å²) in [6, 6.07) is 7.76. The lowest BCUT2D eigenvalue weighted by Gasteiger charge is -2.35. The van der Waals surface area contributed by atoms with Crippen LogP contribution < -0.4 is 10.2 Å². The number of amides is 1. The van der Waals surface area contributed by atoms with E-state index in [4.69, 9.17) is 11.6 Å². The molecule has 25 heavy (non-hydrogen) atoms. The fourth-order valence-corrected chi connectivity index (χ4v) is 3.11. The number of anilines is 2. The van der Waals surface area contributed by atoms with Crippen LogP contribution in [0.5, 0.6) is 0 Å². The van der Waals surface area contributed by atoms with Gasteiger partial charge in [0, 0.05) is 26.2 Å². The second-order valence-electron chi connectivity index (χ2n) is 5.87. The van der Waals surface area contributed by atoms with Gasteiger partial charge in [-0.1, -0.05) is 24.6 Å². The summed E-state index contributed by atoms with van der Waals surface area (Å²) in [5.74, 6) is -0.907. The van der Waals surface area contributed by atoms with Crippen molar-refractivity contribution >= 4 is 29.0 Å². The van der Waals surface area contributed by atoms with Crippen molar-refractivity contribution in [3.05, 3.63) is 52.9 Å². The first-order valence-corrected chi connectivity index (χ1v) is 8.65. The topological polar surface area (TPSA) is 48.5 Å². The number of rotatable bonds is 4. The lowest BCUT2D eigenvalue weighted by molar-refractivity contribution is 0.102. The van der Waals surface area contributed by atoms with Gasteiger partial charge in [-0.25, -0.2) is 9.37 Å². The van der Waals surface area contributed by atoms with E-state index in [-0.39, 0.29) is 10.6 Å². The Morgan fingerprint density at radius 3 is 2.60 bits per heavy atom. The van der Waals surface area contributed by atoms with Gasteiger partial charge < -0.3 is 15.1 Å². The van der Waals surface area contributed by atoms with E-state index in [1.807, 2.05) is 6.07 Å². The normalized spacial score (nSPS) is 15.2. The van der Waals surface area contributed by atoms with Crippen LogP contribution in [-0.4, -0.2) is 48.5 Å². The monoisotopic (exact) mass is 362 g/mol. The molecule has 0 saturated carbocycles. The van der Waals surface area contributed by atoms with Crippen molar-refractivity contribution in [2.24, 2.45) is 0 Å². The van der Waals surface area contributed by atoms with Gasteiger partial charge in [-0.15, -0.1) is 0 Å². The van der Waals surface area contributed by atoms with Crippen molar-refractivity contribution in [2.45, 2.75) is 6.92 Å². The van der Waals surface area contributed by atoms with Crippen LogP contribution >= 0.6 is 11.6 Å². The second-order valence-corrected chi connectivity index (χ2v) is 6.28. The largest absolute Gasteiger partial charge is 0.368 e. The Kier molecular flexibility index (Phi) is 5.50. The van der Waals surface area contributed by atoms with Crippen molar-refractivity contribution in [2.75, 3.05) is 42.9 Å². The summed E-state index contributed by atoms with van der Waals surface area (Å²) in [5, 5.41) is 2.66. The minimum Gasteiger partial charge on any atom is -0.368 e. The molecule has 0 unspecified atom stereocenters. The molecular formula is C18H20ClFN4O. The summed E-state index contributed by atoms with van der Waals surface area (Å²) in [7, 11) is 0. The number of benzene rings is 1. The Labute approximate surface area is 151 Å². The van der Waals surface area contributed by atoms with E-state index >= 15 is 0 Å². The van der Waals surface area contributed by atoms with E-state index < -0.39 is 11.7 Å². The first-order valence-electron chi connectivity index (χ1n) is 8.27. The number of nitrogens with zero attached hydrogens (tertiary/aromatic N) is 3. The van der Waals surface area contributed by atoms with Crippen LogP contribution in [0.3, 0.4) is 0 Å². The molecule has 0 radical (unpaired) electrons. The van der Waals surface area contributed by atoms with Gasteiger partial charge in [-0.2, -0.15) is 0 Å². The summed E-state index contributed by atoms with van der Waals surface area (Å²) < 4.78 is 13.8. The van der Waals surface area contributed by atoms with Gasteiger partial charge in [0.1, 0.15) is 11.6 Å². The number of hydrogen-bond acceptors (Lipinski definition) is 4. The van der Waals surface area contributed by atoms with Crippen LogP contribution in [0.4, 0.5) is 15.9 Å². The molecule has 0 aliphatic carbocycles. The van der Waals surface area contributed by atoms with E-state index in [1.54, 1.807) is 12.3 Å². The van der Waals surface area contributed by atoms with Crippen LogP contribution in [0.1, 0.15) is 17.3 Å². The Morgan fingerprint density at radius 2 is 2.00 bits per heavy atom. The van der Waals surface area contributed by atoms with Crippen molar-refractivity contribution in [1.82, 2.24) is 9.88 Å². The Balaban J connectivity index is 1.66. The highest BCUT2D eigenvalue weighted by molar-refractivity contribution is 6.34. The Hall–Kier alpha value is -2.18. The molecule has 1 aromatic carbocycles. The van der Waals surface area contributed by atoms with E-state index in [0.29, 0.717) is 5.82 Å². The standard InChI is InChI=1S/C18H20ClFN4O/c1-2-23-8-10-24(11-9-23)13-6-7-16(21-12-13)22-18(25)17-14(19)4-3-5-15(17)20/h3-7,12H,2,8-11H2,1H3,(H,21,22,25). The quantitative estimate of drug-likeness (QED) is 0.906. The molecule has 0 bridgehead atoms. The molecule has 7 heteroatoms. The number of pyridine rings is 1. The number of nitrogens with one attached hydrogen (secondary N) is 1. The molecule has 0 atom stereocenters. The molecule has 0 spiro atoms. The number of halogens is 2. The third-order valence-corrected chi connectivity index (χ3v) is 4.68. The summed E-state index contributed by atoms with van der Waals surface area (Å²) in [6.45, 7) is 7.19. The minimum absolute atomic E-state index is 0.0721. The van der Waals surface area contributed by atoms with Crippen LogP contribution in [0, 0.1) is 5.82 Å². The minimum atomic E-state index is -0.657. The molecule has 132 valence electrons. The van der Waals surface area contributed by atoms with Gasteiger partial charge in [0.05, 0.1) is 22.5 Å². The summed E-state index contributed by atoms with van der Waals surface area (Å²) in [4.78, 5) is 21.1. The highest BCUT2D eigenvalue weighted by Gasteiger charge is 2.18. The molecular weight excluding hydrogens is 343 g/mol. The maximum Gasteiger partial charge on any atom is 0.261 e. The zero-order chi connectivity index (χ0) is 17.8. The zero-order valence-electron chi connectivity index (χ0n) is 14.0. The van der Waals surface area contributed by atoms with Gasteiger partial charge in [0.15, 0.2) is 0 Å². The van der Waals surface area contributed by atoms with Crippen molar-refractivity contribution in [1.29, 1.82) is 0 Å². The molecule has 1 saturated heterocycles. The molecule has 1 fully saturated rings. The fourth-order valence-electron chi connectivity index (χ4n) is 2.86. The number of likely N-dealkylation sites (N-methyl/N-ethyl adjacent to an activating group) is 1. The summed E-state index contributed by atoms with van der Waals surface area (Å²) >= 11 is 5.91. The molecule has 2 aromatic rings. The van der Waals surface area contributed by atoms with Gasteiger partial charge >= 0.3 is 0 Å². The van der Waals surface area contributed by atoms with Gasteiger partial charge in [-0.05, 0) is 30.8 Å². The average Bonchev–Trinajstić information content (AvgIpc) is 2.62. The van der Waals surface area contributed by atoms with Crippen molar-refractivity contribution in [3.8, 4) is 0 Å². The van der Waals surface area contributed by atoms with Crippen molar-refractivity contribution in [3.63, 3.8) is 0 Å². The fraction of sp³-hybridized carbons (Fsp3) is 0.333. The molecule has 1 N–H and O–H groups in total. The van der Waals surface area contributed by atoms with Crippen LogP contribution in [0.25, 0.3) is 0 Å². The van der Waals surface area contributed by atoms with Crippen LogP contribution in [0.2, 0.25) is 5.02 Å². The third kappa shape index (κ3) is 4.08. The number of hydrogen-bond donors (Lipinski definition) is 1. The van der Waals surface area contributed by atoms with Crippen LogP contribution in [0.15, 0.2) is 36.5 Å². The summed E-state index contributed by atoms with van der Waals surface area (Å²) in [5.41, 5.74) is 0.836. The predicted molar refractivity (Wildman–Crippen MR) is 97.9 cm³/mol. The number of aromatic nitrogens is 1. The highest BCUT2D eigenvalue weighted by Crippen LogP contribution is 2.21. The zero-order valence-corrected chi connectivity index (χ0v) is 14.8. The highest BCUT2D eigenvalue weighted by atomic mass is 35.5. The number of carbonyl (C=O) groups excluding carboxylic acids is 1. The van der Waals surface area contributed by atoms with Gasteiger partial charge in [0.25, 0.3) is 5.91 Å². The smallest absolute Gasteiger partial charge is 0.261 e. The number of piperazine rings is 1. The molecule has 2 heterocycles. The average molecular weight is 363 g/mol. The van der Waals surface area contributed by atoms with Gasteiger partial charge in [-0.3, -0.25) is 4.79 Å². The van der Waals surface area contributed by atoms with E-state index in [1.165, 1.54) is 18.2 Å². The van der Waals surface area contributed by atoms with Crippen LogP contribution in [-0.2, 0) is 0 Å². The van der Waals surface area contributed by atoms with E-state index in [9.17, 15) is 9.18 Å². The van der Waals surface area contributed by atoms with E-state index in [0.717, 1.165) is 38.4 Å². The number of carbonyl (C=O) groups is 1. The predicted octanol–water partition coefficient (Wildman–Crippen LogP) is 3.27. The Morgan fingerprint density at radius 1 is 1.24 bits per heavy atom. The molecule has 1 amide bonds. The lowest BCUT2D eigenvalue weighted by atomic mass is 10.2. The summed E-state index contributed by atoms with van der Waals surface area (Å²) in [6.07, 6.45) is 1.72. The molecule has 1 aliphatic heterocycles.